The lowest BCUT2D eigenvalue weighted by atomic mass is 10.0. The molecular formula is C19H26N2O3. The Morgan fingerprint density at radius 2 is 2.25 bits per heavy atom. The number of rotatable bonds is 8. The van der Waals surface area contributed by atoms with Gasteiger partial charge in [-0.2, -0.15) is 0 Å². The second-order valence-electron chi connectivity index (χ2n) is 6.36. The molecule has 1 atom stereocenters. The zero-order valence-electron chi connectivity index (χ0n) is 14.7. The summed E-state index contributed by atoms with van der Waals surface area (Å²) in [5.74, 6) is 1.23. The molecule has 130 valence electrons. The Morgan fingerprint density at radius 1 is 1.50 bits per heavy atom. The van der Waals surface area contributed by atoms with Crippen LogP contribution in [0.5, 0.6) is 5.75 Å². The molecule has 1 aliphatic rings. The highest BCUT2D eigenvalue weighted by molar-refractivity contribution is 6.03. The Labute approximate surface area is 143 Å². The Hall–Kier alpha value is -2.30. The van der Waals surface area contributed by atoms with Gasteiger partial charge in [-0.25, -0.2) is 0 Å². The summed E-state index contributed by atoms with van der Waals surface area (Å²) in [6.45, 7) is 8.86. The molecule has 0 saturated carbocycles. The summed E-state index contributed by atoms with van der Waals surface area (Å²) in [7, 11) is 1.64. The lowest BCUT2D eigenvalue weighted by Crippen LogP contribution is -2.38. The van der Waals surface area contributed by atoms with Crippen LogP contribution in [-0.4, -0.2) is 42.8 Å². The number of ether oxygens (including phenoxy) is 1. The van der Waals surface area contributed by atoms with E-state index in [4.69, 9.17) is 9.57 Å². The van der Waals surface area contributed by atoms with Crippen LogP contribution in [-0.2, 0) is 9.63 Å². The van der Waals surface area contributed by atoms with E-state index in [0.29, 0.717) is 31.8 Å². The number of hydrogen-bond donors (Lipinski definition) is 0. The van der Waals surface area contributed by atoms with Crippen LogP contribution >= 0.6 is 0 Å². The van der Waals surface area contributed by atoms with Gasteiger partial charge in [0.15, 0.2) is 6.10 Å². The summed E-state index contributed by atoms with van der Waals surface area (Å²) < 4.78 is 5.38. The predicted molar refractivity (Wildman–Crippen MR) is 95.3 cm³/mol. The molecule has 0 saturated heterocycles. The fourth-order valence-electron chi connectivity index (χ4n) is 2.73. The predicted octanol–water partition coefficient (Wildman–Crippen LogP) is 3.25. The van der Waals surface area contributed by atoms with Crippen LogP contribution in [0.25, 0.3) is 0 Å². The van der Waals surface area contributed by atoms with Gasteiger partial charge in [0.25, 0.3) is 0 Å². The molecule has 1 aromatic carbocycles. The lowest BCUT2D eigenvalue weighted by Gasteiger charge is -2.24. The topological polar surface area (TPSA) is 51.1 Å². The molecule has 5 nitrogen and oxygen atoms in total. The van der Waals surface area contributed by atoms with Crippen molar-refractivity contribution in [3.05, 3.63) is 42.5 Å². The number of para-hydroxylation sites is 1. The van der Waals surface area contributed by atoms with Crippen molar-refractivity contribution in [1.82, 2.24) is 4.90 Å². The standard InChI is InChI=1S/C19H26N2O3/c1-5-10-21(19(22)11-14(2)3)13-15-12-17(20-24-15)16-8-6-7-9-18(16)23-4/h5-9,14-15H,1,10-13H2,2-4H3/t15-/m0/s1. The zero-order chi connectivity index (χ0) is 17.5. The number of hydrogen-bond acceptors (Lipinski definition) is 4. The molecule has 2 rings (SSSR count). The highest BCUT2D eigenvalue weighted by Crippen LogP contribution is 2.25. The first kappa shape index (κ1) is 18.0. The molecule has 1 heterocycles. The van der Waals surface area contributed by atoms with Crippen molar-refractivity contribution in [3.63, 3.8) is 0 Å². The summed E-state index contributed by atoms with van der Waals surface area (Å²) >= 11 is 0. The van der Waals surface area contributed by atoms with Crippen molar-refractivity contribution in [1.29, 1.82) is 0 Å². The monoisotopic (exact) mass is 330 g/mol. The SMILES string of the molecule is C=CCN(C[C@@H]1CC(c2ccccc2OC)=NO1)C(=O)CC(C)C. The fourth-order valence-corrected chi connectivity index (χ4v) is 2.73. The van der Waals surface area contributed by atoms with Crippen molar-refractivity contribution in [3.8, 4) is 5.75 Å². The molecule has 0 aliphatic carbocycles. The van der Waals surface area contributed by atoms with Gasteiger partial charge in [0.1, 0.15) is 5.75 Å². The second kappa shape index (κ2) is 8.52. The van der Waals surface area contributed by atoms with Gasteiger partial charge in [-0.3, -0.25) is 4.79 Å². The highest BCUT2D eigenvalue weighted by atomic mass is 16.6. The van der Waals surface area contributed by atoms with E-state index < -0.39 is 0 Å². The maximum Gasteiger partial charge on any atom is 0.223 e. The Bertz CT molecular complexity index is 610. The molecule has 1 aromatic rings. The molecule has 24 heavy (non-hydrogen) atoms. The van der Waals surface area contributed by atoms with Crippen LogP contribution in [0.2, 0.25) is 0 Å². The van der Waals surface area contributed by atoms with Crippen LogP contribution in [0.3, 0.4) is 0 Å². The molecular weight excluding hydrogens is 304 g/mol. The average molecular weight is 330 g/mol. The number of nitrogens with zero attached hydrogens (tertiary/aromatic N) is 2. The smallest absolute Gasteiger partial charge is 0.223 e. The molecule has 5 heteroatoms. The Balaban J connectivity index is 2.00. The lowest BCUT2D eigenvalue weighted by molar-refractivity contribution is -0.133. The normalized spacial score (nSPS) is 16.5. The fraction of sp³-hybridized carbons (Fsp3) is 0.474. The maximum absolute atomic E-state index is 12.3. The van der Waals surface area contributed by atoms with Gasteiger partial charge >= 0.3 is 0 Å². The van der Waals surface area contributed by atoms with E-state index in [1.165, 1.54) is 0 Å². The summed E-state index contributed by atoms with van der Waals surface area (Å²) in [6, 6.07) is 7.74. The zero-order valence-corrected chi connectivity index (χ0v) is 14.7. The Kier molecular flexibility index (Phi) is 6.41. The minimum atomic E-state index is -0.138. The molecule has 0 radical (unpaired) electrons. The number of carbonyl (C=O) groups excluding carboxylic acids is 1. The van der Waals surface area contributed by atoms with Crippen LogP contribution in [0.4, 0.5) is 0 Å². The Morgan fingerprint density at radius 3 is 2.92 bits per heavy atom. The van der Waals surface area contributed by atoms with Crippen LogP contribution in [0.15, 0.2) is 42.1 Å². The van der Waals surface area contributed by atoms with E-state index in [2.05, 4.69) is 11.7 Å². The van der Waals surface area contributed by atoms with E-state index >= 15 is 0 Å². The number of benzene rings is 1. The summed E-state index contributed by atoms with van der Waals surface area (Å²) in [4.78, 5) is 19.7. The molecule has 0 spiro atoms. The van der Waals surface area contributed by atoms with Gasteiger partial charge < -0.3 is 14.5 Å². The van der Waals surface area contributed by atoms with E-state index in [-0.39, 0.29) is 12.0 Å². The minimum absolute atomic E-state index is 0.124. The van der Waals surface area contributed by atoms with Gasteiger partial charge in [0.05, 0.1) is 19.4 Å². The second-order valence-corrected chi connectivity index (χ2v) is 6.36. The largest absolute Gasteiger partial charge is 0.496 e. The van der Waals surface area contributed by atoms with Crippen molar-refractivity contribution >= 4 is 11.6 Å². The summed E-state index contributed by atoms with van der Waals surface area (Å²) in [5.41, 5.74) is 1.79. The van der Waals surface area contributed by atoms with Crippen LogP contribution in [0.1, 0.15) is 32.3 Å². The van der Waals surface area contributed by atoms with Crippen LogP contribution < -0.4 is 4.74 Å². The molecule has 1 amide bonds. The van der Waals surface area contributed by atoms with E-state index in [1.807, 2.05) is 38.1 Å². The average Bonchev–Trinajstić information content (AvgIpc) is 3.02. The molecule has 0 N–H and O–H groups in total. The summed E-state index contributed by atoms with van der Waals surface area (Å²) in [6.07, 6.45) is 2.79. The molecule has 0 unspecified atom stereocenters. The van der Waals surface area contributed by atoms with E-state index in [1.54, 1.807) is 18.1 Å². The number of oxime groups is 1. The van der Waals surface area contributed by atoms with Gasteiger partial charge in [-0.15, -0.1) is 6.58 Å². The summed E-state index contributed by atoms with van der Waals surface area (Å²) in [5, 5.41) is 4.20. The van der Waals surface area contributed by atoms with E-state index in [9.17, 15) is 4.79 Å². The molecule has 1 aliphatic heterocycles. The van der Waals surface area contributed by atoms with Crippen molar-refractivity contribution in [2.75, 3.05) is 20.2 Å². The first-order chi connectivity index (χ1) is 11.5. The van der Waals surface area contributed by atoms with E-state index in [0.717, 1.165) is 17.0 Å². The minimum Gasteiger partial charge on any atom is -0.496 e. The van der Waals surface area contributed by atoms with Gasteiger partial charge in [0, 0.05) is 24.9 Å². The number of amides is 1. The van der Waals surface area contributed by atoms with Crippen molar-refractivity contribution in [2.24, 2.45) is 11.1 Å². The first-order valence-corrected chi connectivity index (χ1v) is 8.29. The van der Waals surface area contributed by atoms with Gasteiger partial charge in [0.2, 0.25) is 5.91 Å². The van der Waals surface area contributed by atoms with Crippen molar-refractivity contribution < 1.29 is 14.4 Å². The third-order valence-electron chi connectivity index (χ3n) is 3.86. The quantitative estimate of drug-likeness (QED) is 0.688. The third-order valence-corrected chi connectivity index (χ3v) is 3.86. The maximum atomic E-state index is 12.3. The molecule has 0 aromatic heterocycles. The first-order valence-electron chi connectivity index (χ1n) is 8.29. The van der Waals surface area contributed by atoms with Crippen LogP contribution in [0, 0.1) is 5.92 Å². The van der Waals surface area contributed by atoms with Crippen molar-refractivity contribution in [2.45, 2.75) is 32.8 Å². The third kappa shape index (κ3) is 4.60. The number of methoxy groups -OCH3 is 1. The van der Waals surface area contributed by atoms with Gasteiger partial charge in [-0.1, -0.05) is 37.2 Å². The molecule has 0 fully saturated rings. The molecule has 0 bridgehead atoms. The number of carbonyl (C=O) groups is 1. The van der Waals surface area contributed by atoms with Gasteiger partial charge in [-0.05, 0) is 18.1 Å². The highest BCUT2D eigenvalue weighted by Gasteiger charge is 2.27.